The average Bonchev–Trinajstić information content (AvgIpc) is 2.80. The van der Waals surface area contributed by atoms with E-state index in [0.29, 0.717) is 0 Å². The van der Waals surface area contributed by atoms with Gasteiger partial charge in [0.1, 0.15) is 0 Å². The average molecular weight is 451 g/mol. The minimum Gasteiger partial charge on any atom is -0.320 e. The second-order valence-corrected chi connectivity index (χ2v) is 10.7. The molecule has 0 amide bonds. The zero-order valence-electron chi connectivity index (χ0n) is 23.1. The molecule has 192 valence electrons. The van der Waals surface area contributed by atoms with Crippen molar-refractivity contribution >= 4 is 0 Å². The second kappa shape index (κ2) is 25.3. The third kappa shape index (κ3) is 20.3. The van der Waals surface area contributed by atoms with E-state index in [9.17, 15) is 0 Å². The quantitative estimate of drug-likeness (QED) is 0.0663. The van der Waals surface area contributed by atoms with Gasteiger partial charge in [-0.15, -0.1) is 0 Å². The lowest BCUT2D eigenvalue weighted by Gasteiger charge is -2.38. The monoisotopic (exact) mass is 451 g/mol. The molecule has 0 aromatic heterocycles. The first-order chi connectivity index (χ1) is 15.7. The minimum absolute atomic E-state index is 1.19. The van der Waals surface area contributed by atoms with E-state index >= 15 is 0 Å². The van der Waals surface area contributed by atoms with Gasteiger partial charge in [-0.1, -0.05) is 137 Å². The van der Waals surface area contributed by atoms with Gasteiger partial charge in [-0.25, -0.2) is 0 Å². The predicted molar refractivity (Wildman–Crippen MR) is 149 cm³/mol. The van der Waals surface area contributed by atoms with E-state index in [-0.39, 0.29) is 0 Å². The summed E-state index contributed by atoms with van der Waals surface area (Å²) < 4.78 is 1.32. The highest BCUT2D eigenvalue weighted by Gasteiger charge is 2.24. The van der Waals surface area contributed by atoms with Crippen LogP contribution in [0.2, 0.25) is 0 Å². The lowest BCUT2D eigenvalue weighted by molar-refractivity contribution is -0.923. The van der Waals surface area contributed by atoms with Crippen molar-refractivity contribution in [2.75, 3.05) is 26.2 Å². The van der Waals surface area contributed by atoms with Gasteiger partial charge in [0.2, 0.25) is 0 Å². The summed E-state index contributed by atoms with van der Waals surface area (Å²) in [5.74, 6) is 0. The molecule has 1 heteroatoms. The van der Waals surface area contributed by atoms with Crippen molar-refractivity contribution in [2.45, 2.75) is 162 Å². The molecule has 0 spiro atoms. The van der Waals surface area contributed by atoms with Crippen LogP contribution in [0.1, 0.15) is 162 Å². The fourth-order valence-corrected chi connectivity index (χ4v) is 5.25. The van der Waals surface area contributed by atoms with Crippen LogP contribution in [-0.2, 0) is 0 Å². The van der Waals surface area contributed by atoms with Crippen molar-refractivity contribution in [1.82, 2.24) is 0 Å². The van der Waals surface area contributed by atoms with Gasteiger partial charge in [0.15, 0.2) is 0 Å². The lowest BCUT2D eigenvalue weighted by Crippen LogP contribution is -2.50. The zero-order chi connectivity index (χ0) is 23.6. The molecule has 0 radical (unpaired) electrons. The highest BCUT2D eigenvalue weighted by atomic mass is 15.3. The molecular weight excluding hydrogens is 386 g/mol. The molecule has 0 aliphatic heterocycles. The Hall–Kier alpha value is -0.300. The number of hydrogen-bond acceptors (Lipinski definition) is 0. The molecule has 0 fully saturated rings. The van der Waals surface area contributed by atoms with E-state index in [4.69, 9.17) is 0 Å². The first-order valence-electron chi connectivity index (χ1n) is 15.2. The Morgan fingerprint density at radius 1 is 0.406 bits per heavy atom. The number of nitrogens with zero attached hydrogens (tertiary/aromatic N) is 1. The summed E-state index contributed by atoms with van der Waals surface area (Å²) >= 11 is 0. The molecule has 0 atom stereocenters. The molecule has 0 heterocycles. The number of hydrogen-bond donors (Lipinski definition) is 0. The molecule has 0 rings (SSSR count). The van der Waals surface area contributed by atoms with Gasteiger partial charge < -0.3 is 4.48 Å². The molecule has 1 nitrogen and oxygen atoms in total. The third-order valence-electron chi connectivity index (χ3n) is 7.47. The van der Waals surface area contributed by atoms with Crippen LogP contribution in [0.3, 0.4) is 0 Å². The van der Waals surface area contributed by atoms with Gasteiger partial charge in [-0.05, 0) is 38.2 Å². The maximum absolute atomic E-state index is 4.14. The molecule has 0 aliphatic carbocycles. The highest BCUT2D eigenvalue weighted by molar-refractivity contribution is 4.67. The third-order valence-corrected chi connectivity index (χ3v) is 7.47. The summed E-state index contributed by atoms with van der Waals surface area (Å²) in [6.45, 7) is 16.4. The summed E-state index contributed by atoms with van der Waals surface area (Å²) in [6, 6.07) is 0. The van der Waals surface area contributed by atoms with Crippen molar-refractivity contribution in [3.05, 3.63) is 12.7 Å². The van der Waals surface area contributed by atoms with E-state index in [1.807, 2.05) is 0 Å². The fourth-order valence-electron chi connectivity index (χ4n) is 5.25. The molecular formula is C31H64N+. The summed E-state index contributed by atoms with van der Waals surface area (Å²) in [5.41, 5.74) is 0. The van der Waals surface area contributed by atoms with Crippen LogP contribution in [0, 0.1) is 0 Å². The SMILES string of the molecule is C=CC[N+](CCCC)(CCCCCCCCCCCC)CCCCCCCCCCCC. The normalized spacial score (nSPS) is 11.8. The van der Waals surface area contributed by atoms with Crippen molar-refractivity contribution < 1.29 is 4.48 Å². The molecule has 32 heavy (non-hydrogen) atoms. The number of rotatable bonds is 27. The molecule has 0 N–H and O–H groups in total. The summed E-state index contributed by atoms with van der Waals surface area (Å²) in [7, 11) is 0. The Morgan fingerprint density at radius 3 is 1.00 bits per heavy atom. The van der Waals surface area contributed by atoms with Crippen molar-refractivity contribution in [3.63, 3.8) is 0 Å². The minimum atomic E-state index is 1.19. The van der Waals surface area contributed by atoms with Crippen LogP contribution in [0.15, 0.2) is 12.7 Å². The van der Waals surface area contributed by atoms with Gasteiger partial charge in [0.25, 0.3) is 0 Å². The topological polar surface area (TPSA) is 0 Å². The van der Waals surface area contributed by atoms with E-state index < -0.39 is 0 Å². The molecule has 0 unspecified atom stereocenters. The van der Waals surface area contributed by atoms with Crippen LogP contribution in [0.25, 0.3) is 0 Å². The fraction of sp³-hybridized carbons (Fsp3) is 0.935. The van der Waals surface area contributed by atoms with Crippen LogP contribution < -0.4 is 0 Å². The summed E-state index contributed by atoms with van der Waals surface area (Å²) in [5, 5.41) is 0. The van der Waals surface area contributed by atoms with Crippen LogP contribution in [-0.4, -0.2) is 30.7 Å². The molecule has 0 saturated heterocycles. The van der Waals surface area contributed by atoms with Gasteiger partial charge in [-0.2, -0.15) is 0 Å². The number of unbranched alkanes of at least 4 members (excludes halogenated alkanes) is 19. The van der Waals surface area contributed by atoms with Crippen molar-refractivity contribution in [1.29, 1.82) is 0 Å². The van der Waals surface area contributed by atoms with Crippen LogP contribution in [0.4, 0.5) is 0 Å². The summed E-state index contributed by atoms with van der Waals surface area (Å²) in [6.07, 6.45) is 33.7. The highest BCUT2D eigenvalue weighted by Crippen LogP contribution is 2.18. The molecule has 0 saturated carbocycles. The number of quaternary nitrogens is 1. The first-order valence-corrected chi connectivity index (χ1v) is 15.2. The lowest BCUT2D eigenvalue weighted by atomic mass is 10.0. The van der Waals surface area contributed by atoms with Crippen molar-refractivity contribution in [2.24, 2.45) is 0 Å². The molecule has 0 aliphatic rings. The molecule has 0 bridgehead atoms. The standard InChI is InChI=1S/C31H64N/c1-5-9-12-14-16-18-20-22-24-26-30-32(28-8-4,29-11-7-3)31-27-25-23-21-19-17-15-13-10-6-2/h8H,4-7,9-31H2,1-3H3/q+1. The Bertz CT molecular complexity index is 337. The van der Waals surface area contributed by atoms with Gasteiger partial charge >= 0.3 is 0 Å². The van der Waals surface area contributed by atoms with Gasteiger partial charge in [0, 0.05) is 0 Å². The molecule has 0 aromatic rings. The van der Waals surface area contributed by atoms with Crippen LogP contribution in [0.5, 0.6) is 0 Å². The molecule has 0 aromatic carbocycles. The Labute approximate surface area is 205 Å². The van der Waals surface area contributed by atoms with E-state index in [1.54, 1.807) is 0 Å². The predicted octanol–water partition coefficient (Wildman–Crippen LogP) is 10.6. The Kier molecular flexibility index (Phi) is 25.1. The van der Waals surface area contributed by atoms with Crippen molar-refractivity contribution in [3.8, 4) is 0 Å². The summed E-state index contributed by atoms with van der Waals surface area (Å²) in [4.78, 5) is 0. The van der Waals surface area contributed by atoms with E-state index in [1.165, 1.54) is 172 Å². The largest absolute Gasteiger partial charge is 0.320 e. The Morgan fingerprint density at radius 2 is 0.688 bits per heavy atom. The second-order valence-electron chi connectivity index (χ2n) is 10.7. The van der Waals surface area contributed by atoms with E-state index in [0.717, 1.165) is 0 Å². The smallest absolute Gasteiger partial charge is 0.0971 e. The zero-order valence-corrected chi connectivity index (χ0v) is 23.1. The first kappa shape index (κ1) is 31.7. The maximum Gasteiger partial charge on any atom is 0.0971 e. The van der Waals surface area contributed by atoms with Crippen LogP contribution >= 0.6 is 0 Å². The van der Waals surface area contributed by atoms with Gasteiger partial charge in [0.05, 0.1) is 26.2 Å². The van der Waals surface area contributed by atoms with E-state index in [2.05, 4.69) is 33.4 Å². The Balaban J connectivity index is 4.05. The maximum atomic E-state index is 4.14. The van der Waals surface area contributed by atoms with Gasteiger partial charge in [-0.3, -0.25) is 0 Å².